The van der Waals surface area contributed by atoms with Gasteiger partial charge in [0.05, 0.1) is 18.2 Å². The monoisotopic (exact) mass is 315 g/mol. The highest BCUT2D eigenvalue weighted by molar-refractivity contribution is 6.31. The Kier molecular flexibility index (Phi) is 4.23. The number of nitrogens with zero attached hydrogens (tertiary/aromatic N) is 2. The number of rotatable bonds is 3. The molecule has 1 aliphatic heterocycles. The minimum atomic E-state index is -0.563. The lowest BCUT2D eigenvalue weighted by Gasteiger charge is -2.16. The second-order valence-corrected chi connectivity index (χ2v) is 5.67. The second kappa shape index (κ2) is 6.30. The molecule has 1 N–H and O–H groups in total. The van der Waals surface area contributed by atoms with E-state index >= 15 is 0 Å². The maximum Gasteiger partial charge on any atom is 0.270 e. The van der Waals surface area contributed by atoms with Crippen LogP contribution in [0.5, 0.6) is 0 Å². The SMILES string of the molecule is N#CC(NC(=O)c1ccc2ccc(Cl)cc2n1)C1CCOC1. The van der Waals surface area contributed by atoms with Gasteiger partial charge in [0, 0.05) is 22.9 Å². The number of carbonyl (C=O) groups excluding carboxylic acids is 1. The van der Waals surface area contributed by atoms with E-state index in [1.165, 1.54) is 0 Å². The summed E-state index contributed by atoms with van der Waals surface area (Å²) >= 11 is 5.95. The molecule has 1 aromatic carbocycles. The fourth-order valence-electron chi connectivity index (χ4n) is 2.50. The molecule has 0 saturated carbocycles. The molecular formula is C16H14ClN3O2. The molecule has 5 nitrogen and oxygen atoms in total. The Balaban J connectivity index is 1.80. The number of hydrogen-bond acceptors (Lipinski definition) is 4. The summed E-state index contributed by atoms with van der Waals surface area (Å²) in [7, 11) is 0. The third-order valence-electron chi connectivity index (χ3n) is 3.75. The Labute approximate surface area is 132 Å². The van der Waals surface area contributed by atoms with E-state index in [1.54, 1.807) is 18.2 Å². The number of benzene rings is 1. The first kappa shape index (κ1) is 14.8. The van der Waals surface area contributed by atoms with Crippen LogP contribution in [0.15, 0.2) is 30.3 Å². The average molecular weight is 316 g/mol. The molecule has 0 spiro atoms. The van der Waals surface area contributed by atoms with E-state index in [9.17, 15) is 10.1 Å². The summed E-state index contributed by atoms with van der Waals surface area (Å²) in [5.74, 6) is -0.329. The predicted octanol–water partition coefficient (Wildman–Crippen LogP) is 2.55. The van der Waals surface area contributed by atoms with Crippen LogP contribution in [0.4, 0.5) is 0 Å². The van der Waals surface area contributed by atoms with Gasteiger partial charge in [-0.05, 0) is 24.6 Å². The summed E-state index contributed by atoms with van der Waals surface area (Å²) in [6.45, 7) is 1.13. The molecule has 3 rings (SSSR count). The van der Waals surface area contributed by atoms with E-state index in [1.807, 2.05) is 12.1 Å². The van der Waals surface area contributed by atoms with Crippen molar-refractivity contribution < 1.29 is 9.53 Å². The number of hydrogen-bond donors (Lipinski definition) is 1. The minimum absolute atomic E-state index is 0.0313. The largest absolute Gasteiger partial charge is 0.381 e. The van der Waals surface area contributed by atoms with Crippen LogP contribution in [0.25, 0.3) is 10.9 Å². The molecule has 0 bridgehead atoms. The van der Waals surface area contributed by atoms with Crippen LogP contribution in [0.3, 0.4) is 0 Å². The number of fused-ring (bicyclic) bond motifs is 1. The van der Waals surface area contributed by atoms with Gasteiger partial charge >= 0.3 is 0 Å². The van der Waals surface area contributed by atoms with Crippen molar-refractivity contribution in [1.82, 2.24) is 10.3 Å². The zero-order valence-electron chi connectivity index (χ0n) is 11.8. The molecular weight excluding hydrogens is 302 g/mol. The molecule has 0 aliphatic carbocycles. The highest BCUT2D eigenvalue weighted by Crippen LogP contribution is 2.19. The fourth-order valence-corrected chi connectivity index (χ4v) is 2.67. The normalized spacial score (nSPS) is 18.8. The molecule has 2 aromatic rings. The first-order chi connectivity index (χ1) is 10.7. The smallest absolute Gasteiger partial charge is 0.270 e. The molecule has 2 unspecified atom stereocenters. The lowest BCUT2D eigenvalue weighted by Crippen LogP contribution is -2.39. The van der Waals surface area contributed by atoms with Gasteiger partial charge in [0.15, 0.2) is 0 Å². The molecule has 1 fully saturated rings. The maximum absolute atomic E-state index is 12.3. The molecule has 6 heteroatoms. The zero-order valence-corrected chi connectivity index (χ0v) is 12.5. The number of aromatic nitrogens is 1. The maximum atomic E-state index is 12.3. The molecule has 1 aliphatic rings. The highest BCUT2D eigenvalue weighted by Gasteiger charge is 2.27. The Morgan fingerprint density at radius 2 is 2.27 bits per heavy atom. The van der Waals surface area contributed by atoms with Gasteiger partial charge in [0.25, 0.3) is 5.91 Å². The van der Waals surface area contributed by atoms with Crippen molar-refractivity contribution in [1.29, 1.82) is 5.26 Å². The van der Waals surface area contributed by atoms with Gasteiger partial charge < -0.3 is 10.1 Å². The first-order valence-electron chi connectivity index (χ1n) is 7.02. The van der Waals surface area contributed by atoms with E-state index in [-0.39, 0.29) is 17.5 Å². The lowest BCUT2D eigenvalue weighted by atomic mass is 10.00. The summed E-state index contributed by atoms with van der Waals surface area (Å²) in [6.07, 6.45) is 0.777. The average Bonchev–Trinajstić information content (AvgIpc) is 3.05. The summed E-state index contributed by atoms with van der Waals surface area (Å²) in [5.41, 5.74) is 0.923. The van der Waals surface area contributed by atoms with E-state index in [2.05, 4.69) is 16.4 Å². The van der Waals surface area contributed by atoms with Crippen molar-refractivity contribution in [3.63, 3.8) is 0 Å². The van der Waals surface area contributed by atoms with Crippen LogP contribution >= 0.6 is 11.6 Å². The number of pyridine rings is 1. The van der Waals surface area contributed by atoms with Gasteiger partial charge in [-0.1, -0.05) is 23.7 Å². The standard InChI is InChI=1S/C16H14ClN3O2/c17-12-3-1-10-2-4-13(19-14(10)7-12)16(21)20-15(8-18)11-5-6-22-9-11/h1-4,7,11,15H,5-6,9H2,(H,20,21). The summed E-state index contributed by atoms with van der Waals surface area (Å²) in [5, 5.41) is 13.4. The van der Waals surface area contributed by atoms with Crippen molar-refractivity contribution in [2.24, 2.45) is 5.92 Å². The van der Waals surface area contributed by atoms with Crippen LogP contribution < -0.4 is 5.32 Å². The van der Waals surface area contributed by atoms with E-state index in [0.29, 0.717) is 23.8 Å². The molecule has 1 saturated heterocycles. The fraction of sp³-hybridized carbons (Fsp3) is 0.312. The van der Waals surface area contributed by atoms with Crippen LogP contribution in [0.1, 0.15) is 16.9 Å². The van der Waals surface area contributed by atoms with Crippen LogP contribution in [0, 0.1) is 17.2 Å². The van der Waals surface area contributed by atoms with E-state index in [0.717, 1.165) is 11.8 Å². The summed E-state index contributed by atoms with van der Waals surface area (Å²) in [6, 6.07) is 10.4. The molecule has 2 atom stereocenters. The quantitative estimate of drug-likeness (QED) is 0.944. The molecule has 22 heavy (non-hydrogen) atoms. The number of nitriles is 1. The Morgan fingerprint density at radius 3 is 3.00 bits per heavy atom. The molecule has 1 amide bonds. The molecule has 0 radical (unpaired) electrons. The highest BCUT2D eigenvalue weighted by atomic mass is 35.5. The Bertz CT molecular complexity index is 751. The van der Waals surface area contributed by atoms with Crippen molar-refractivity contribution in [3.8, 4) is 6.07 Å². The van der Waals surface area contributed by atoms with E-state index in [4.69, 9.17) is 16.3 Å². The van der Waals surface area contributed by atoms with Gasteiger partial charge in [-0.15, -0.1) is 0 Å². The van der Waals surface area contributed by atoms with Gasteiger partial charge in [-0.3, -0.25) is 4.79 Å². The van der Waals surface area contributed by atoms with Crippen LogP contribution in [-0.2, 0) is 4.74 Å². The number of halogens is 1. The first-order valence-corrected chi connectivity index (χ1v) is 7.40. The molecule has 112 valence electrons. The van der Waals surface area contributed by atoms with Crippen molar-refractivity contribution in [2.45, 2.75) is 12.5 Å². The van der Waals surface area contributed by atoms with Crippen molar-refractivity contribution >= 4 is 28.4 Å². The number of nitrogens with one attached hydrogen (secondary N) is 1. The van der Waals surface area contributed by atoms with Crippen LogP contribution in [-0.4, -0.2) is 30.1 Å². The van der Waals surface area contributed by atoms with Gasteiger partial charge in [-0.2, -0.15) is 5.26 Å². The minimum Gasteiger partial charge on any atom is -0.381 e. The molecule has 2 heterocycles. The number of ether oxygens (including phenoxy) is 1. The van der Waals surface area contributed by atoms with Crippen LogP contribution in [0.2, 0.25) is 5.02 Å². The molecule has 1 aromatic heterocycles. The van der Waals surface area contributed by atoms with Crippen molar-refractivity contribution in [2.75, 3.05) is 13.2 Å². The Morgan fingerprint density at radius 1 is 1.45 bits per heavy atom. The zero-order chi connectivity index (χ0) is 15.5. The third-order valence-corrected chi connectivity index (χ3v) is 3.98. The third kappa shape index (κ3) is 3.03. The number of carbonyl (C=O) groups is 1. The topological polar surface area (TPSA) is 75.0 Å². The van der Waals surface area contributed by atoms with Gasteiger partial charge in [-0.25, -0.2) is 4.98 Å². The predicted molar refractivity (Wildman–Crippen MR) is 82.5 cm³/mol. The summed E-state index contributed by atoms with van der Waals surface area (Å²) < 4.78 is 5.27. The Hall–Kier alpha value is -2.16. The number of amides is 1. The van der Waals surface area contributed by atoms with E-state index < -0.39 is 6.04 Å². The summed E-state index contributed by atoms with van der Waals surface area (Å²) in [4.78, 5) is 16.6. The second-order valence-electron chi connectivity index (χ2n) is 5.24. The lowest BCUT2D eigenvalue weighted by molar-refractivity contribution is 0.0926. The van der Waals surface area contributed by atoms with Crippen molar-refractivity contribution in [3.05, 3.63) is 41.0 Å². The van der Waals surface area contributed by atoms with Gasteiger partial charge in [0.2, 0.25) is 0 Å². The van der Waals surface area contributed by atoms with Gasteiger partial charge in [0.1, 0.15) is 11.7 Å².